The first-order valence-corrected chi connectivity index (χ1v) is 10.9. The smallest absolute Gasteiger partial charge is 0.262 e. The Kier molecular flexibility index (Phi) is 7.22. The summed E-state index contributed by atoms with van der Waals surface area (Å²) in [7, 11) is 1.55. The van der Waals surface area contributed by atoms with Crippen LogP contribution in [0.1, 0.15) is 24.3 Å². The number of hydrogen-bond acceptors (Lipinski definition) is 7. The molecule has 1 aromatic carbocycles. The van der Waals surface area contributed by atoms with E-state index >= 15 is 0 Å². The third kappa shape index (κ3) is 4.88. The van der Waals surface area contributed by atoms with E-state index in [9.17, 15) is 9.59 Å². The molecule has 8 nitrogen and oxygen atoms in total. The first kappa shape index (κ1) is 22.0. The number of halogens is 1. The lowest BCUT2D eigenvalue weighted by Gasteiger charge is -2.12. The highest BCUT2D eigenvalue weighted by Crippen LogP contribution is 2.36. The lowest BCUT2D eigenvalue weighted by molar-refractivity contribution is -0.121. The zero-order valence-electron chi connectivity index (χ0n) is 16.8. The molecule has 3 aromatic rings. The Morgan fingerprint density at radius 3 is 2.87 bits per heavy atom. The van der Waals surface area contributed by atoms with Crippen molar-refractivity contribution in [1.82, 2.24) is 15.0 Å². The largest absolute Gasteiger partial charge is 0.493 e. The van der Waals surface area contributed by atoms with E-state index in [4.69, 9.17) is 9.47 Å². The van der Waals surface area contributed by atoms with Crippen LogP contribution in [-0.4, -0.2) is 35.4 Å². The number of benzene rings is 1. The van der Waals surface area contributed by atoms with Gasteiger partial charge in [0.2, 0.25) is 0 Å². The Morgan fingerprint density at radius 2 is 2.17 bits per heavy atom. The van der Waals surface area contributed by atoms with Gasteiger partial charge >= 0.3 is 0 Å². The quantitative estimate of drug-likeness (QED) is 0.384. The maximum absolute atomic E-state index is 12.6. The highest BCUT2D eigenvalue weighted by molar-refractivity contribution is 9.10. The number of rotatable bonds is 8. The molecule has 1 amide bonds. The van der Waals surface area contributed by atoms with Crippen molar-refractivity contribution < 1.29 is 14.3 Å². The number of fused-ring (bicyclic) bond motifs is 1. The number of carbonyl (C=O) groups is 1. The van der Waals surface area contributed by atoms with E-state index < -0.39 is 5.91 Å². The van der Waals surface area contributed by atoms with Gasteiger partial charge in [-0.3, -0.25) is 14.2 Å². The molecule has 0 radical (unpaired) electrons. The van der Waals surface area contributed by atoms with Crippen LogP contribution in [0.2, 0.25) is 0 Å². The molecule has 0 unspecified atom stereocenters. The van der Waals surface area contributed by atoms with Crippen LogP contribution in [0.5, 0.6) is 11.5 Å². The minimum absolute atomic E-state index is 0.174. The number of amides is 1. The zero-order valence-corrected chi connectivity index (χ0v) is 19.2. The summed E-state index contributed by atoms with van der Waals surface area (Å²) in [5.74, 6) is 0.715. The number of nitrogens with zero attached hydrogens (tertiary/aromatic N) is 3. The molecule has 0 aliphatic rings. The second kappa shape index (κ2) is 9.86. The van der Waals surface area contributed by atoms with E-state index in [1.165, 1.54) is 28.4 Å². The van der Waals surface area contributed by atoms with Crippen molar-refractivity contribution in [2.45, 2.75) is 26.8 Å². The molecule has 3 rings (SSSR count). The summed E-state index contributed by atoms with van der Waals surface area (Å²) < 4.78 is 12.9. The van der Waals surface area contributed by atoms with Crippen LogP contribution in [0.3, 0.4) is 0 Å². The lowest BCUT2D eigenvalue weighted by Crippen LogP contribution is -2.29. The van der Waals surface area contributed by atoms with Gasteiger partial charge in [0.05, 0.1) is 36.1 Å². The second-order valence-corrected chi connectivity index (χ2v) is 8.19. The Balaban J connectivity index is 1.69. The van der Waals surface area contributed by atoms with Gasteiger partial charge in [0.25, 0.3) is 11.5 Å². The van der Waals surface area contributed by atoms with Crippen LogP contribution in [0.4, 0.5) is 0 Å². The number of thiophene rings is 1. The van der Waals surface area contributed by atoms with Gasteiger partial charge in [-0.15, -0.1) is 11.3 Å². The molecule has 30 heavy (non-hydrogen) atoms. The topological polar surface area (TPSA) is 94.8 Å². The van der Waals surface area contributed by atoms with Gasteiger partial charge in [0.1, 0.15) is 11.4 Å². The predicted molar refractivity (Wildman–Crippen MR) is 121 cm³/mol. The molecule has 0 saturated heterocycles. The van der Waals surface area contributed by atoms with E-state index in [0.717, 1.165) is 11.3 Å². The number of methoxy groups -OCH3 is 1. The Morgan fingerprint density at radius 1 is 1.37 bits per heavy atom. The molecule has 2 heterocycles. The molecule has 2 aromatic heterocycles. The summed E-state index contributed by atoms with van der Waals surface area (Å²) in [6.45, 7) is 4.24. The molecule has 0 atom stereocenters. The number of aryl methyl sites for hydroxylation is 1. The SMILES string of the molecule is CCOc1c(Br)cc(C=NNC(=O)Cn2cnc3sc(CC)cc3c2=O)cc1OC. The highest BCUT2D eigenvalue weighted by Gasteiger charge is 2.12. The van der Waals surface area contributed by atoms with Gasteiger partial charge in [0.15, 0.2) is 11.5 Å². The number of hydrogen-bond donors (Lipinski definition) is 1. The molecule has 1 N–H and O–H groups in total. The van der Waals surface area contributed by atoms with Crippen LogP contribution in [0.15, 0.2) is 38.9 Å². The Hall–Kier alpha value is -2.72. The van der Waals surface area contributed by atoms with Crippen molar-refractivity contribution in [1.29, 1.82) is 0 Å². The maximum Gasteiger partial charge on any atom is 0.262 e. The molecule has 0 spiro atoms. The van der Waals surface area contributed by atoms with Gasteiger partial charge < -0.3 is 9.47 Å². The maximum atomic E-state index is 12.6. The number of nitrogens with one attached hydrogen (secondary N) is 1. The van der Waals surface area contributed by atoms with Crippen molar-refractivity contribution in [3.63, 3.8) is 0 Å². The van der Waals surface area contributed by atoms with Gasteiger partial charge in [-0.05, 0) is 53.0 Å². The molecule has 0 aliphatic carbocycles. The highest BCUT2D eigenvalue weighted by atomic mass is 79.9. The summed E-state index contributed by atoms with van der Waals surface area (Å²) >= 11 is 4.93. The molecule has 0 bridgehead atoms. The van der Waals surface area contributed by atoms with Crippen molar-refractivity contribution in [3.05, 3.63) is 49.8 Å². The fourth-order valence-corrected chi connectivity index (χ4v) is 4.26. The van der Waals surface area contributed by atoms with Crippen molar-refractivity contribution in [3.8, 4) is 11.5 Å². The summed E-state index contributed by atoms with van der Waals surface area (Å²) in [5, 5.41) is 4.49. The van der Waals surface area contributed by atoms with E-state index in [-0.39, 0.29) is 12.1 Å². The molecular weight excluding hydrogens is 472 g/mol. The monoisotopic (exact) mass is 492 g/mol. The molecule has 0 aliphatic heterocycles. The van der Waals surface area contributed by atoms with Crippen LogP contribution < -0.4 is 20.5 Å². The van der Waals surface area contributed by atoms with Crippen molar-refractivity contribution in [2.24, 2.45) is 5.10 Å². The zero-order chi connectivity index (χ0) is 21.7. The third-order valence-corrected chi connectivity index (χ3v) is 5.95. The molecule has 158 valence electrons. The molecule has 10 heteroatoms. The first-order valence-electron chi connectivity index (χ1n) is 9.26. The molecular formula is C20H21BrN4O4S. The molecule has 0 saturated carbocycles. The fraction of sp³-hybridized carbons (Fsp3) is 0.300. The van der Waals surface area contributed by atoms with Crippen molar-refractivity contribution in [2.75, 3.05) is 13.7 Å². The van der Waals surface area contributed by atoms with Gasteiger partial charge in [-0.2, -0.15) is 5.10 Å². The summed E-state index contributed by atoms with van der Waals surface area (Å²) in [5.41, 5.74) is 2.89. The van der Waals surface area contributed by atoms with Gasteiger partial charge in [-0.1, -0.05) is 6.92 Å². The van der Waals surface area contributed by atoms with Crippen molar-refractivity contribution >= 4 is 49.6 Å². The van der Waals surface area contributed by atoms with E-state index in [1.54, 1.807) is 19.2 Å². The van der Waals surface area contributed by atoms with Crippen LogP contribution in [-0.2, 0) is 17.8 Å². The van der Waals surface area contributed by atoms with Gasteiger partial charge in [-0.25, -0.2) is 10.4 Å². The van der Waals surface area contributed by atoms with E-state index in [1.807, 2.05) is 19.9 Å². The lowest BCUT2D eigenvalue weighted by atomic mass is 10.2. The average Bonchev–Trinajstić information content (AvgIpc) is 3.16. The van der Waals surface area contributed by atoms with Crippen LogP contribution in [0, 0.1) is 0 Å². The Bertz CT molecular complexity index is 1160. The van der Waals surface area contributed by atoms with Crippen LogP contribution in [0.25, 0.3) is 10.2 Å². The van der Waals surface area contributed by atoms with Gasteiger partial charge in [0, 0.05) is 4.88 Å². The number of aromatic nitrogens is 2. The predicted octanol–water partition coefficient (Wildman–Crippen LogP) is 3.34. The summed E-state index contributed by atoms with van der Waals surface area (Å²) in [6.07, 6.45) is 3.71. The normalized spacial score (nSPS) is 11.2. The second-order valence-electron chi connectivity index (χ2n) is 6.22. The van der Waals surface area contributed by atoms with E-state index in [2.05, 4.69) is 31.4 Å². The standard InChI is InChI=1S/C20H21BrN4O4S/c1-4-13-8-14-19(30-13)22-11-25(20(14)27)10-17(26)24-23-9-12-6-15(21)18(29-5-2)16(7-12)28-3/h6-9,11H,4-5,10H2,1-3H3,(H,24,26). The average molecular weight is 493 g/mol. The van der Waals surface area contributed by atoms with E-state index in [0.29, 0.717) is 38.4 Å². The summed E-state index contributed by atoms with van der Waals surface area (Å²) in [4.78, 5) is 30.8. The molecule has 0 fully saturated rings. The minimum atomic E-state index is -0.433. The third-order valence-electron chi connectivity index (χ3n) is 4.17. The number of ether oxygens (including phenoxy) is 2. The number of carbonyl (C=O) groups excluding carboxylic acids is 1. The van der Waals surface area contributed by atoms with Crippen LogP contribution >= 0.6 is 27.3 Å². The first-order chi connectivity index (χ1) is 14.5. The fourth-order valence-electron chi connectivity index (χ4n) is 2.76. The summed E-state index contributed by atoms with van der Waals surface area (Å²) in [6, 6.07) is 5.38. The number of hydrazone groups is 1. The minimum Gasteiger partial charge on any atom is -0.493 e. The Labute approximate surface area is 185 Å².